The van der Waals surface area contributed by atoms with E-state index < -0.39 is 0 Å². The summed E-state index contributed by atoms with van der Waals surface area (Å²) in [6, 6.07) is 10.5. The van der Waals surface area contributed by atoms with Crippen LogP contribution >= 0.6 is 15.9 Å². The maximum absolute atomic E-state index is 3.92. The molecule has 2 N–H and O–H groups in total. The van der Waals surface area contributed by atoms with Crippen molar-refractivity contribution in [3.05, 3.63) is 52.3 Å². The van der Waals surface area contributed by atoms with Gasteiger partial charge in [-0.05, 0) is 24.6 Å². The zero-order chi connectivity index (χ0) is 11.4. The van der Waals surface area contributed by atoms with Gasteiger partial charge in [0.25, 0.3) is 0 Å². The van der Waals surface area contributed by atoms with E-state index in [0.717, 1.165) is 16.7 Å². The first kappa shape index (κ1) is 11.4. The van der Waals surface area contributed by atoms with Crippen molar-refractivity contribution in [1.82, 2.24) is 15.5 Å². The Balaban J connectivity index is 1.98. The number of nitrogens with zero attached hydrogens (tertiary/aromatic N) is 1. The predicted molar refractivity (Wildman–Crippen MR) is 68.0 cm³/mol. The van der Waals surface area contributed by atoms with Gasteiger partial charge < -0.3 is 5.32 Å². The zero-order valence-electron chi connectivity index (χ0n) is 9.07. The predicted octanol–water partition coefficient (Wildman–Crippen LogP) is 3.02. The number of hydrogen-bond donors (Lipinski definition) is 2. The summed E-state index contributed by atoms with van der Waals surface area (Å²) in [6.45, 7) is 2.94. The summed E-state index contributed by atoms with van der Waals surface area (Å²) in [5.41, 5.74) is 2.36. The fourth-order valence-electron chi connectivity index (χ4n) is 1.58. The maximum Gasteiger partial charge on any atom is 0.0490 e. The fourth-order valence-corrected chi connectivity index (χ4v) is 2.21. The standard InChI is InChI=1S/C12H14BrN3/c1-9(11-4-2-3-5-12(11)13)14-8-10-6-7-15-16-10/h2-7,9,14H,8H2,1H3,(H,15,16)/t9-/m1/s1. The number of rotatable bonds is 4. The molecule has 0 aliphatic rings. The number of halogens is 1. The Labute approximate surface area is 103 Å². The molecule has 84 valence electrons. The highest BCUT2D eigenvalue weighted by molar-refractivity contribution is 9.10. The average Bonchev–Trinajstić information content (AvgIpc) is 2.79. The van der Waals surface area contributed by atoms with Gasteiger partial charge in [0.05, 0.1) is 0 Å². The molecule has 0 aliphatic heterocycles. The van der Waals surface area contributed by atoms with Crippen LogP contribution in [0.5, 0.6) is 0 Å². The van der Waals surface area contributed by atoms with Gasteiger partial charge in [0.1, 0.15) is 0 Å². The Morgan fingerprint density at radius 3 is 2.88 bits per heavy atom. The third-order valence-electron chi connectivity index (χ3n) is 2.53. The van der Waals surface area contributed by atoms with E-state index in [1.54, 1.807) is 6.20 Å². The molecule has 0 aliphatic carbocycles. The Bertz CT molecular complexity index is 439. The molecule has 1 heterocycles. The van der Waals surface area contributed by atoms with Gasteiger partial charge in [-0.1, -0.05) is 34.1 Å². The Morgan fingerprint density at radius 1 is 1.38 bits per heavy atom. The molecule has 0 spiro atoms. The highest BCUT2D eigenvalue weighted by atomic mass is 79.9. The molecular formula is C12H14BrN3. The van der Waals surface area contributed by atoms with Crippen molar-refractivity contribution in [1.29, 1.82) is 0 Å². The van der Waals surface area contributed by atoms with Crippen LogP contribution in [0.3, 0.4) is 0 Å². The van der Waals surface area contributed by atoms with Crippen LogP contribution in [0.2, 0.25) is 0 Å². The van der Waals surface area contributed by atoms with Crippen molar-refractivity contribution in [2.24, 2.45) is 0 Å². The van der Waals surface area contributed by atoms with Crippen LogP contribution in [-0.2, 0) is 6.54 Å². The zero-order valence-corrected chi connectivity index (χ0v) is 10.7. The highest BCUT2D eigenvalue weighted by Crippen LogP contribution is 2.22. The molecule has 1 atom stereocenters. The molecule has 2 rings (SSSR count). The number of aromatic amines is 1. The van der Waals surface area contributed by atoms with Crippen molar-refractivity contribution >= 4 is 15.9 Å². The fraction of sp³-hybridized carbons (Fsp3) is 0.250. The van der Waals surface area contributed by atoms with E-state index in [1.807, 2.05) is 12.1 Å². The van der Waals surface area contributed by atoms with Crippen LogP contribution in [-0.4, -0.2) is 10.2 Å². The highest BCUT2D eigenvalue weighted by Gasteiger charge is 2.07. The van der Waals surface area contributed by atoms with Crippen molar-refractivity contribution in [3.8, 4) is 0 Å². The first-order chi connectivity index (χ1) is 7.77. The first-order valence-corrected chi connectivity index (χ1v) is 6.02. The second-order valence-electron chi connectivity index (χ2n) is 3.71. The Kier molecular flexibility index (Phi) is 3.74. The lowest BCUT2D eigenvalue weighted by molar-refractivity contribution is 0.565. The normalized spacial score (nSPS) is 12.6. The summed E-state index contributed by atoms with van der Waals surface area (Å²) < 4.78 is 1.14. The van der Waals surface area contributed by atoms with E-state index in [0.29, 0.717) is 6.04 Å². The second kappa shape index (κ2) is 5.27. The minimum absolute atomic E-state index is 0.305. The van der Waals surface area contributed by atoms with E-state index in [2.05, 4.69) is 56.6 Å². The number of nitrogens with one attached hydrogen (secondary N) is 2. The van der Waals surface area contributed by atoms with Crippen molar-refractivity contribution in [2.75, 3.05) is 0 Å². The van der Waals surface area contributed by atoms with Crippen LogP contribution in [0.25, 0.3) is 0 Å². The van der Waals surface area contributed by atoms with Gasteiger partial charge in [-0.2, -0.15) is 5.10 Å². The molecule has 0 unspecified atom stereocenters. The Hall–Kier alpha value is -1.13. The number of aromatic nitrogens is 2. The summed E-state index contributed by atoms with van der Waals surface area (Å²) in [5, 5.41) is 10.3. The maximum atomic E-state index is 3.92. The number of H-pyrrole nitrogens is 1. The molecule has 1 aromatic carbocycles. The third-order valence-corrected chi connectivity index (χ3v) is 3.25. The lowest BCUT2D eigenvalue weighted by Gasteiger charge is -2.15. The summed E-state index contributed by atoms with van der Waals surface area (Å²) in [4.78, 5) is 0. The molecule has 16 heavy (non-hydrogen) atoms. The van der Waals surface area contributed by atoms with Gasteiger partial charge >= 0.3 is 0 Å². The van der Waals surface area contributed by atoms with Crippen LogP contribution in [0, 0.1) is 0 Å². The second-order valence-corrected chi connectivity index (χ2v) is 4.56. The van der Waals surface area contributed by atoms with Crippen molar-refractivity contribution in [3.63, 3.8) is 0 Å². The molecular weight excluding hydrogens is 266 g/mol. The Morgan fingerprint density at radius 2 is 2.19 bits per heavy atom. The van der Waals surface area contributed by atoms with E-state index in [9.17, 15) is 0 Å². The topological polar surface area (TPSA) is 40.7 Å². The first-order valence-electron chi connectivity index (χ1n) is 5.23. The molecule has 2 aromatic rings. The minimum Gasteiger partial charge on any atom is -0.305 e. The van der Waals surface area contributed by atoms with Crippen molar-refractivity contribution in [2.45, 2.75) is 19.5 Å². The van der Waals surface area contributed by atoms with Gasteiger partial charge in [0.15, 0.2) is 0 Å². The van der Waals surface area contributed by atoms with Crippen LogP contribution in [0.15, 0.2) is 41.0 Å². The van der Waals surface area contributed by atoms with Crippen LogP contribution < -0.4 is 5.32 Å². The van der Waals surface area contributed by atoms with E-state index >= 15 is 0 Å². The quantitative estimate of drug-likeness (QED) is 0.903. The van der Waals surface area contributed by atoms with Gasteiger partial charge in [-0.15, -0.1) is 0 Å². The van der Waals surface area contributed by atoms with E-state index in [4.69, 9.17) is 0 Å². The molecule has 0 fully saturated rings. The molecule has 0 radical (unpaired) electrons. The summed E-state index contributed by atoms with van der Waals surface area (Å²) in [6.07, 6.45) is 1.76. The smallest absolute Gasteiger partial charge is 0.0490 e. The summed E-state index contributed by atoms with van der Waals surface area (Å²) >= 11 is 3.56. The van der Waals surface area contributed by atoms with E-state index in [-0.39, 0.29) is 0 Å². The monoisotopic (exact) mass is 279 g/mol. The van der Waals surface area contributed by atoms with Gasteiger partial charge in [0, 0.05) is 29.0 Å². The van der Waals surface area contributed by atoms with Crippen LogP contribution in [0.1, 0.15) is 24.2 Å². The van der Waals surface area contributed by atoms with Gasteiger partial charge in [-0.3, -0.25) is 5.10 Å². The largest absolute Gasteiger partial charge is 0.305 e. The molecule has 3 nitrogen and oxygen atoms in total. The molecule has 0 bridgehead atoms. The molecule has 4 heteroatoms. The average molecular weight is 280 g/mol. The number of benzene rings is 1. The SMILES string of the molecule is C[C@@H](NCc1ccn[nH]1)c1ccccc1Br. The molecule has 0 saturated carbocycles. The lowest BCUT2D eigenvalue weighted by Crippen LogP contribution is -2.18. The van der Waals surface area contributed by atoms with Gasteiger partial charge in [-0.25, -0.2) is 0 Å². The third kappa shape index (κ3) is 2.71. The summed E-state index contributed by atoms with van der Waals surface area (Å²) in [7, 11) is 0. The molecule has 0 saturated heterocycles. The van der Waals surface area contributed by atoms with E-state index in [1.165, 1.54) is 5.56 Å². The summed E-state index contributed by atoms with van der Waals surface area (Å²) in [5.74, 6) is 0. The van der Waals surface area contributed by atoms with Crippen LogP contribution in [0.4, 0.5) is 0 Å². The lowest BCUT2D eigenvalue weighted by atomic mass is 10.1. The molecule has 0 amide bonds. The minimum atomic E-state index is 0.305. The van der Waals surface area contributed by atoms with Gasteiger partial charge in [0.2, 0.25) is 0 Å². The van der Waals surface area contributed by atoms with Crippen molar-refractivity contribution < 1.29 is 0 Å². The number of hydrogen-bond acceptors (Lipinski definition) is 2. The molecule has 1 aromatic heterocycles.